The van der Waals surface area contributed by atoms with E-state index in [1.165, 1.54) is 6.26 Å². The lowest BCUT2D eigenvalue weighted by Crippen LogP contribution is -2.38. The van der Waals surface area contributed by atoms with Gasteiger partial charge >= 0.3 is 0 Å². The zero-order valence-electron chi connectivity index (χ0n) is 9.45. The van der Waals surface area contributed by atoms with E-state index in [-0.39, 0.29) is 12.5 Å². The van der Waals surface area contributed by atoms with Crippen molar-refractivity contribution in [1.29, 1.82) is 0 Å². The Morgan fingerprint density at radius 2 is 2.13 bits per heavy atom. The standard InChI is InChI=1S/C9H19N3O2S/c1-5-6-11-8(10)12-7-9(2,3)15(4,13)14/h5H,1,6-7H2,2-4H3,(H3,10,11,12). The van der Waals surface area contributed by atoms with Gasteiger partial charge in [-0.2, -0.15) is 0 Å². The van der Waals surface area contributed by atoms with Crippen LogP contribution in [0.5, 0.6) is 0 Å². The number of sulfone groups is 1. The van der Waals surface area contributed by atoms with Crippen molar-refractivity contribution in [3.05, 3.63) is 12.7 Å². The lowest BCUT2D eigenvalue weighted by atomic mass is 10.2. The van der Waals surface area contributed by atoms with Gasteiger partial charge in [-0.1, -0.05) is 6.08 Å². The van der Waals surface area contributed by atoms with Crippen molar-refractivity contribution in [3.8, 4) is 0 Å². The van der Waals surface area contributed by atoms with E-state index < -0.39 is 14.6 Å². The van der Waals surface area contributed by atoms with Crippen LogP contribution >= 0.6 is 0 Å². The summed E-state index contributed by atoms with van der Waals surface area (Å²) in [6, 6.07) is 0. The number of guanidine groups is 1. The summed E-state index contributed by atoms with van der Waals surface area (Å²) >= 11 is 0. The quantitative estimate of drug-likeness (QED) is 0.394. The summed E-state index contributed by atoms with van der Waals surface area (Å²) in [5.41, 5.74) is 5.51. The van der Waals surface area contributed by atoms with Crippen molar-refractivity contribution < 1.29 is 8.42 Å². The van der Waals surface area contributed by atoms with Crippen molar-refractivity contribution >= 4 is 15.8 Å². The summed E-state index contributed by atoms with van der Waals surface area (Å²) in [4.78, 5) is 3.96. The van der Waals surface area contributed by atoms with E-state index in [0.717, 1.165) is 0 Å². The summed E-state index contributed by atoms with van der Waals surface area (Å²) < 4.78 is 21.8. The molecule has 0 aromatic rings. The monoisotopic (exact) mass is 233 g/mol. The van der Waals surface area contributed by atoms with Crippen molar-refractivity contribution in [2.45, 2.75) is 18.6 Å². The van der Waals surface area contributed by atoms with E-state index in [4.69, 9.17) is 5.73 Å². The van der Waals surface area contributed by atoms with Crippen LogP contribution in [0.3, 0.4) is 0 Å². The second kappa shape index (κ2) is 5.16. The minimum atomic E-state index is -3.13. The van der Waals surface area contributed by atoms with Crippen molar-refractivity contribution in [2.75, 3.05) is 19.3 Å². The maximum absolute atomic E-state index is 11.3. The fraction of sp³-hybridized carbons (Fsp3) is 0.667. The molecular weight excluding hydrogens is 214 g/mol. The highest BCUT2D eigenvalue weighted by molar-refractivity contribution is 7.92. The van der Waals surface area contributed by atoms with Gasteiger partial charge in [0.15, 0.2) is 15.8 Å². The van der Waals surface area contributed by atoms with E-state index in [1.54, 1.807) is 19.9 Å². The summed E-state index contributed by atoms with van der Waals surface area (Å²) in [7, 11) is -3.13. The third-order valence-electron chi connectivity index (χ3n) is 2.06. The van der Waals surface area contributed by atoms with Crippen LogP contribution in [-0.4, -0.2) is 38.5 Å². The first kappa shape index (κ1) is 14.0. The number of nitrogens with zero attached hydrogens (tertiary/aromatic N) is 1. The van der Waals surface area contributed by atoms with Crippen LogP contribution in [0.1, 0.15) is 13.8 Å². The first-order valence-electron chi connectivity index (χ1n) is 4.55. The highest BCUT2D eigenvalue weighted by Gasteiger charge is 2.29. The molecule has 3 N–H and O–H groups in total. The number of nitrogens with one attached hydrogen (secondary N) is 1. The Hall–Kier alpha value is -1.04. The maximum atomic E-state index is 11.3. The van der Waals surface area contributed by atoms with Crippen molar-refractivity contribution in [2.24, 2.45) is 10.7 Å². The second-order valence-electron chi connectivity index (χ2n) is 3.90. The van der Waals surface area contributed by atoms with Gasteiger partial charge in [-0.05, 0) is 13.8 Å². The van der Waals surface area contributed by atoms with E-state index in [9.17, 15) is 8.42 Å². The molecule has 0 rings (SSSR count). The third kappa shape index (κ3) is 4.83. The lowest BCUT2D eigenvalue weighted by Gasteiger charge is -2.19. The number of hydrogen-bond acceptors (Lipinski definition) is 3. The van der Waals surface area contributed by atoms with Crippen molar-refractivity contribution in [3.63, 3.8) is 0 Å². The van der Waals surface area contributed by atoms with E-state index in [0.29, 0.717) is 6.54 Å². The van der Waals surface area contributed by atoms with Gasteiger partial charge in [0.2, 0.25) is 0 Å². The Kier molecular flexibility index (Phi) is 4.80. The summed E-state index contributed by atoms with van der Waals surface area (Å²) in [5, 5.41) is 2.77. The fourth-order valence-corrected chi connectivity index (χ4v) is 0.925. The largest absolute Gasteiger partial charge is 0.370 e. The molecule has 0 heterocycles. The average Bonchev–Trinajstić information content (AvgIpc) is 2.09. The molecule has 6 heteroatoms. The molecule has 0 unspecified atom stereocenters. The SMILES string of the molecule is C=CCNC(N)=NCC(C)(C)S(C)(=O)=O. The van der Waals surface area contributed by atoms with Crippen LogP contribution in [0.15, 0.2) is 17.6 Å². The Morgan fingerprint density at radius 1 is 1.60 bits per heavy atom. The molecule has 0 aliphatic rings. The van der Waals surface area contributed by atoms with Gasteiger partial charge in [0.1, 0.15) is 0 Å². The first-order valence-corrected chi connectivity index (χ1v) is 6.44. The number of rotatable bonds is 5. The van der Waals surface area contributed by atoms with E-state index in [2.05, 4.69) is 16.9 Å². The second-order valence-corrected chi connectivity index (χ2v) is 6.55. The molecule has 0 radical (unpaired) electrons. The van der Waals surface area contributed by atoms with Gasteiger partial charge in [-0.3, -0.25) is 4.99 Å². The predicted molar refractivity (Wildman–Crippen MR) is 63.6 cm³/mol. The van der Waals surface area contributed by atoms with Crippen molar-refractivity contribution in [1.82, 2.24) is 5.32 Å². The molecule has 0 aromatic heterocycles. The number of aliphatic imine (C=N–C) groups is 1. The zero-order valence-corrected chi connectivity index (χ0v) is 10.3. The molecule has 0 saturated carbocycles. The zero-order chi connectivity index (χ0) is 12.1. The molecule has 0 spiro atoms. The highest BCUT2D eigenvalue weighted by Crippen LogP contribution is 2.14. The van der Waals surface area contributed by atoms with Gasteiger partial charge in [-0.15, -0.1) is 6.58 Å². The third-order valence-corrected chi connectivity index (χ3v) is 4.20. The normalized spacial score (nSPS) is 13.7. The predicted octanol–water partition coefficient (Wildman–Crippen LogP) is -0.100. The summed E-state index contributed by atoms with van der Waals surface area (Å²) in [6.07, 6.45) is 2.83. The lowest BCUT2D eigenvalue weighted by molar-refractivity contribution is 0.555. The van der Waals surface area contributed by atoms with Crippen LogP contribution in [0.25, 0.3) is 0 Å². The van der Waals surface area contributed by atoms with E-state index in [1.807, 2.05) is 0 Å². The smallest absolute Gasteiger partial charge is 0.188 e. The maximum Gasteiger partial charge on any atom is 0.188 e. The Morgan fingerprint density at radius 3 is 2.53 bits per heavy atom. The first-order chi connectivity index (χ1) is 6.70. The molecule has 88 valence electrons. The number of hydrogen-bond donors (Lipinski definition) is 2. The fourth-order valence-electron chi connectivity index (χ4n) is 0.625. The Bertz CT molecular complexity index is 344. The van der Waals surface area contributed by atoms with Crippen LogP contribution in [0.2, 0.25) is 0 Å². The van der Waals surface area contributed by atoms with Crippen LogP contribution in [0, 0.1) is 0 Å². The molecule has 0 atom stereocenters. The molecule has 0 aliphatic carbocycles. The van der Waals surface area contributed by atoms with Gasteiger partial charge in [-0.25, -0.2) is 8.42 Å². The molecule has 0 bridgehead atoms. The molecule has 0 aliphatic heterocycles. The Balaban J connectivity index is 4.43. The molecule has 5 nitrogen and oxygen atoms in total. The molecule has 0 aromatic carbocycles. The van der Waals surface area contributed by atoms with Crippen LogP contribution in [0.4, 0.5) is 0 Å². The minimum Gasteiger partial charge on any atom is -0.370 e. The molecule has 0 saturated heterocycles. The Labute approximate surface area is 91.4 Å². The van der Waals surface area contributed by atoms with Gasteiger partial charge in [0.25, 0.3) is 0 Å². The minimum absolute atomic E-state index is 0.141. The van der Waals surface area contributed by atoms with Gasteiger partial charge < -0.3 is 11.1 Å². The van der Waals surface area contributed by atoms with Gasteiger partial charge in [0, 0.05) is 12.8 Å². The number of nitrogens with two attached hydrogens (primary N) is 1. The summed E-state index contributed by atoms with van der Waals surface area (Å²) in [5.74, 6) is 0.228. The topological polar surface area (TPSA) is 84.5 Å². The molecule has 15 heavy (non-hydrogen) atoms. The summed E-state index contributed by atoms with van der Waals surface area (Å²) in [6.45, 7) is 7.40. The molecule has 0 amide bonds. The average molecular weight is 233 g/mol. The van der Waals surface area contributed by atoms with Crippen LogP contribution < -0.4 is 11.1 Å². The highest BCUT2D eigenvalue weighted by atomic mass is 32.2. The van der Waals surface area contributed by atoms with Crippen LogP contribution in [-0.2, 0) is 9.84 Å². The van der Waals surface area contributed by atoms with E-state index >= 15 is 0 Å². The molecular formula is C9H19N3O2S. The van der Waals surface area contributed by atoms with Gasteiger partial charge in [0.05, 0.1) is 11.3 Å². The molecule has 0 fully saturated rings.